The average Bonchev–Trinajstić information content (AvgIpc) is 2.23. The van der Waals surface area contributed by atoms with Gasteiger partial charge in [0.05, 0.1) is 22.3 Å². The maximum absolute atomic E-state index is 13.0. The predicted octanol–water partition coefficient (Wildman–Crippen LogP) is 3.21. The molecular formula is C9H13F8NOS. The molecular weight excluding hydrogens is 322 g/mol. The van der Waals surface area contributed by atoms with Gasteiger partial charge >= 0.3 is 24.2 Å². The molecule has 0 saturated carbocycles. The SMILES string of the molecule is CC(C)(C)S(=O)NCC(F)(F)C(F)(F)C(F)(F)C(F)F. The van der Waals surface area contributed by atoms with Gasteiger partial charge in [-0.25, -0.2) is 17.7 Å². The fourth-order valence-corrected chi connectivity index (χ4v) is 1.61. The molecule has 0 heterocycles. The van der Waals surface area contributed by atoms with E-state index < -0.39 is 46.5 Å². The molecule has 20 heavy (non-hydrogen) atoms. The van der Waals surface area contributed by atoms with Gasteiger partial charge in [0.1, 0.15) is 0 Å². The molecule has 0 bridgehead atoms. The van der Waals surface area contributed by atoms with Crippen LogP contribution < -0.4 is 4.72 Å². The standard InChI is InChI=1S/C9H13F8NOS/c1-6(2,3)20(19)18-4-7(12,13)9(16,17)8(14,15)5(10)11/h5,18H,4H2,1-3H3. The van der Waals surface area contributed by atoms with Crippen molar-refractivity contribution in [2.75, 3.05) is 6.54 Å². The zero-order chi connectivity index (χ0) is 16.6. The fraction of sp³-hybridized carbons (Fsp3) is 1.00. The van der Waals surface area contributed by atoms with E-state index in [-0.39, 0.29) is 0 Å². The van der Waals surface area contributed by atoms with E-state index >= 15 is 0 Å². The number of hydrogen-bond donors (Lipinski definition) is 1. The van der Waals surface area contributed by atoms with Crippen LogP contribution in [-0.4, -0.2) is 39.7 Å². The van der Waals surface area contributed by atoms with Gasteiger partial charge in [-0.3, -0.25) is 0 Å². The van der Waals surface area contributed by atoms with E-state index in [9.17, 15) is 39.3 Å². The Bertz CT molecular complexity index is 365. The summed E-state index contributed by atoms with van der Waals surface area (Å²) in [6.45, 7) is 1.78. The van der Waals surface area contributed by atoms with Gasteiger partial charge in [-0.1, -0.05) is 0 Å². The molecule has 0 fully saturated rings. The highest BCUT2D eigenvalue weighted by atomic mass is 32.2. The number of alkyl halides is 8. The fourth-order valence-electron chi connectivity index (χ4n) is 0.865. The molecule has 1 N–H and O–H groups in total. The smallest absolute Gasteiger partial charge is 0.242 e. The Hall–Kier alpha value is -0.450. The number of nitrogens with one attached hydrogen (secondary N) is 1. The first kappa shape index (κ1) is 19.6. The van der Waals surface area contributed by atoms with Crippen LogP contribution >= 0.6 is 0 Å². The third-order valence-electron chi connectivity index (χ3n) is 2.13. The number of hydrogen-bond acceptors (Lipinski definition) is 1. The molecule has 0 radical (unpaired) electrons. The van der Waals surface area contributed by atoms with Crippen LogP contribution in [0.1, 0.15) is 20.8 Å². The van der Waals surface area contributed by atoms with Gasteiger partial charge in [0.15, 0.2) is 0 Å². The lowest BCUT2D eigenvalue weighted by atomic mass is 10.1. The highest BCUT2D eigenvalue weighted by Gasteiger charge is 2.75. The Kier molecular flexibility index (Phi) is 5.61. The summed E-state index contributed by atoms with van der Waals surface area (Å²) in [4.78, 5) is 0. The van der Waals surface area contributed by atoms with E-state index in [4.69, 9.17) is 0 Å². The van der Waals surface area contributed by atoms with E-state index in [0.29, 0.717) is 0 Å². The summed E-state index contributed by atoms with van der Waals surface area (Å²) in [5.41, 5.74) is 0. The van der Waals surface area contributed by atoms with E-state index in [1.807, 2.05) is 0 Å². The third-order valence-corrected chi connectivity index (χ3v) is 3.65. The first-order valence-corrected chi connectivity index (χ1v) is 6.29. The summed E-state index contributed by atoms with van der Waals surface area (Å²) in [6.07, 6.45) is -4.96. The normalized spacial score (nSPS) is 16.6. The second-order valence-electron chi connectivity index (χ2n) is 4.90. The summed E-state index contributed by atoms with van der Waals surface area (Å²) in [7, 11) is -2.25. The van der Waals surface area contributed by atoms with E-state index in [1.54, 1.807) is 0 Å². The van der Waals surface area contributed by atoms with Crippen LogP contribution in [0, 0.1) is 0 Å². The van der Waals surface area contributed by atoms with Crippen LogP contribution in [0.4, 0.5) is 35.1 Å². The minimum atomic E-state index is -6.29. The van der Waals surface area contributed by atoms with Gasteiger partial charge in [0.2, 0.25) is 0 Å². The zero-order valence-electron chi connectivity index (χ0n) is 10.6. The van der Waals surface area contributed by atoms with Gasteiger partial charge in [-0.05, 0) is 20.8 Å². The summed E-state index contributed by atoms with van der Waals surface area (Å²) >= 11 is 0. The maximum Gasteiger partial charge on any atom is 0.379 e. The first-order chi connectivity index (χ1) is 8.57. The van der Waals surface area contributed by atoms with Gasteiger partial charge in [0.25, 0.3) is 0 Å². The summed E-state index contributed by atoms with van der Waals surface area (Å²) in [5, 5.41) is 0. The zero-order valence-corrected chi connectivity index (χ0v) is 11.4. The van der Waals surface area contributed by atoms with Crippen molar-refractivity contribution in [2.45, 2.75) is 49.7 Å². The van der Waals surface area contributed by atoms with Crippen molar-refractivity contribution < 1.29 is 39.3 Å². The van der Waals surface area contributed by atoms with Crippen LogP contribution in [0.15, 0.2) is 0 Å². The van der Waals surface area contributed by atoms with Crippen LogP contribution in [0.25, 0.3) is 0 Å². The van der Waals surface area contributed by atoms with Gasteiger partial charge in [0, 0.05) is 0 Å². The molecule has 0 spiro atoms. The third kappa shape index (κ3) is 3.80. The lowest BCUT2D eigenvalue weighted by Crippen LogP contribution is -2.61. The largest absolute Gasteiger partial charge is 0.379 e. The topological polar surface area (TPSA) is 29.1 Å². The summed E-state index contributed by atoms with van der Waals surface area (Å²) in [6, 6.07) is 0. The molecule has 122 valence electrons. The molecule has 0 aliphatic carbocycles. The number of rotatable bonds is 6. The highest BCUT2D eigenvalue weighted by molar-refractivity contribution is 7.84. The summed E-state index contributed by atoms with van der Waals surface area (Å²) in [5.74, 6) is -18.0. The predicted molar refractivity (Wildman–Crippen MR) is 56.7 cm³/mol. The Morgan fingerprint density at radius 1 is 1.00 bits per heavy atom. The van der Waals surface area contributed by atoms with E-state index in [0.717, 1.165) is 0 Å². The average molecular weight is 335 g/mol. The molecule has 0 amide bonds. The lowest BCUT2D eigenvalue weighted by Gasteiger charge is -2.32. The molecule has 0 aliphatic rings. The molecule has 0 aromatic heterocycles. The molecule has 2 nitrogen and oxygen atoms in total. The van der Waals surface area contributed by atoms with Gasteiger partial charge in [-0.15, -0.1) is 0 Å². The van der Waals surface area contributed by atoms with Crippen molar-refractivity contribution >= 4 is 11.0 Å². The van der Waals surface area contributed by atoms with Crippen molar-refractivity contribution in [2.24, 2.45) is 0 Å². The van der Waals surface area contributed by atoms with Crippen molar-refractivity contribution in [1.82, 2.24) is 4.72 Å². The second-order valence-corrected chi connectivity index (χ2v) is 6.96. The lowest BCUT2D eigenvalue weighted by molar-refractivity contribution is -0.335. The molecule has 0 rings (SSSR count). The van der Waals surface area contributed by atoms with E-state index in [2.05, 4.69) is 0 Å². The highest BCUT2D eigenvalue weighted by Crippen LogP contribution is 2.48. The summed E-state index contributed by atoms with van der Waals surface area (Å²) < 4.78 is 112. The molecule has 11 heteroatoms. The number of halogens is 8. The maximum atomic E-state index is 13.0. The van der Waals surface area contributed by atoms with E-state index in [1.165, 1.54) is 25.5 Å². The van der Waals surface area contributed by atoms with Gasteiger partial charge < -0.3 is 0 Å². The molecule has 0 aliphatic heterocycles. The Morgan fingerprint density at radius 2 is 1.40 bits per heavy atom. The van der Waals surface area contributed by atoms with Crippen LogP contribution in [0.5, 0.6) is 0 Å². The Labute approximate surface area is 112 Å². The Morgan fingerprint density at radius 3 is 1.70 bits per heavy atom. The van der Waals surface area contributed by atoms with Crippen LogP contribution in [0.2, 0.25) is 0 Å². The minimum absolute atomic E-state index is 1.13. The monoisotopic (exact) mass is 335 g/mol. The van der Waals surface area contributed by atoms with Crippen molar-refractivity contribution in [3.05, 3.63) is 0 Å². The second kappa shape index (κ2) is 5.74. The molecule has 0 aromatic carbocycles. The minimum Gasteiger partial charge on any atom is -0.242 e. The van der Waals surface area contributed by atoms with Crippen LogP contribution in [-0.2, 0) is 11.0 Å². The molecule has 1 atom stereocenters. The molecule has 0 saturated heterocycles. The van der Waals surface area contributed by atoms with Crippen molar-refractivity contribution in [3.63, 3.8) is 0 Å². The molecule has 1 unspecified atom stereocenters. The van der Waals surface area contributed by atoms with Crippen LogP contribution in [0.3, 0.4) is 0 Å². The van der Waals surface area contributed by atoms with Gasteiger partial charge in [-0.2, -0.15) is 26.3 Å². The molecule has 0 aromatic rings. The van der Waals surface area contributed by atoms with Crippen molar-refractivity contribution in [3.8, 4) is 0 Å². The first-order valence-electron chi connectivity index (χ1n) is 5.14. The van der Waals surface area contributed by atoms with Crippen molar-refractivity contribution in [1.29, 1.82) is 0 Å². The quantitative estimate of drug-likeness (QED) is 0.742. The Balaban J connectivity index is 5.10.